The molecule has 0 amide bonds. The van der Waals surface area contributed by atoms with Crippen LogP contribution in [0.25, 0.3) is 0 Å². The number of hydrogen-bond acceptors (Lipinski definition) is 2. The highest BCUT2D eigenvalue weighted by Crippen LogP contribution is 2.23. The zero-order valence-electron chi connectivity index (χ0n) is 13.6. The van der Waals surface area contributed by atoms with Crippen LogP contribution in [-0.2, 0) is 0 Å². The first-order valence-corrected chi connectivity index (χ1v) is 9.79. The Morgan fingerprint density at radius 2 is 1.88 bits per heavy atom. The first-order chi connectivity index (χ1) is 11.5. The van der Waals surface area contributed by atoms with Crippen molar-refractivity contribution >= 4 is 58.0 Å². The highest BCUT2D eigenvalue weighted by molar-refractivity contribution is 7.99. The van der Waals surface area contributed by atoms with Crippen molar-refractivity contribution < 1.29 is 0 Å². The van der Waals surface area contributed by atoms with Crippen LogP contribution in [0.2, 0.25) is 10.0 Å². The summed E-state index contributed by atoms with van der Waals surface area (Å²) in [5, 5.41) is 8.58. The minimum atomic E-state index is 0.478. The summed E-state index contributed by atoms with van der Waals surface area (Å²) in [6, 6.07) is 13.7. The van der Waals surface area contributed by atoms with Gasteiger partial charge in [-0.2, -0.15) is 0 Å². The fourth-order valence-corrected chi connectivity index (χ4v) is 3.42. The van der Waals surface area contributed by atoms with Crippen molar-refractivity contribution in [1.29, 1.82) is 0 Å². The van der Waals surface area contributed by atoms with E-state index < -0.39 is 0 Å². The Hall–Kier alpha value is -0.940. The van der Waals surface area contributed by atoms with Crippen molar-refractivity contribution in [2.24, 2.45) is 5.92 Å². The molecule has 2 aromatic rings. The molecule has 24 heavy (non-hydrogen) atoms. The van der Waals surface area contributed by atoms with Gasteiger partial charge in [0.25, 0.3) is 0 Å². The zero-order chi connectivity index (χ0) is 17.5. The maximum absolute atomic E-state index is 6.12. The van der Waals surface area contributed by atoms with Gasteiger partial charge in [0, 0.05) is 32.9 Å². The summed E-state index contributed by atoms with van der Waals surface area (Å²) < 4.78 is 0. The number of rotatable bonds is 6. The van der Waals surface area contributed by atoms with Crippen LogP contribution in [0.4, 0.5) is 5.69 Å². The quantitative estimate of drug-likeness (QED) is 0.458. The van der Waals surface area contributed by atoms with Gasteiger partial charge in [-0.25, -0.2) is 0 Å². The van der Waals surface area contributed by atoms with Crippen LogP contribution in [0.5, 0.6) is 0 Å². The van der Waals surface area contributed by atoms with E-state index >= 15 is 0 Å². The van der Waals surface area contributed by atoms with Gasteiger partial charge in [0.05, 0.1) is 0 Å². The van der Waals surface area contributed by atoms with Gasteiger partial charge in [0.1, 0.15) is 0 Å². The molecule has 1 atom stereocenters. The second-order valence-electron chi connectivity index (χ2n) is 5.62. The molecule has 2 rings (SSSR count). The molecule has 128 valence electrons. The summed E-state index contributed by atoms with van der Waals surface area (Å²) in [6.45, 7) is 4.98. The lowest BCUT2D eigenvalue weighted by Crippen LogP contribution is -2.32. The second kappa shape index (κ2) is 9.52. The third-order valence-corrected chi connectivity index (χ3v) is 5.72. The Balaban J connectivity index is 1.74. The van der Waals surface area contributed by atoms with E-state index in [0.29, 0.717) is 11.0 Å². The predicted molar refractivity (Wildman–Crippen MR) is 112 cm³/mol. The molecular formula is C18H20Cl2N2S2. The fourth-order valence-electron chi connectivity index (χ4n) is 2.00. The van der Waals surface area contributed by atoms with Crippen LogP contribution in [0.1, 0.15) is 12.5 Å². The molecule has 0 radical (unpaired) electrons. The Labute approximate surface area is 163 Å². The average molecular weight is 399 g/mol. The summed E-state index contributed by atoms with van der Waals surface area (Å²) in [5.74, 6) is 1.49. The number of halogens is 2. The lowest BCUT2D eigenvalue weighted by Gasteiger charge is -2.16. The van der Waals surface area contributed by atoms with Gasteiger partial charge in [0.15, 0.2) is 5.11 Å². The Bertz CT molecular complexity index is 690. The molecule has 2 N–H and O–H groups in total. The van der Waals surface area contributed by atoms with Gasteiger partial charge in [-0.1, -0.05) is 36.2 Å². The summed E-state index contributed by atoms with van der Waals surface area (Å²) in [5.41, 5.74) is 1.93. The van der Waals surface area contributed by atoms with E-state index in [1.54, 1.807) is 0 Å². The number of benzene rings is 2. The highest BCUT2D eigenvalue weighted by atomic mass is 35.5. The molecule has 0 fully saturated rings. The number of thiocarbonyl (C=S) groups is 1. The van der Waals surface area contributed by atoms with Crippen molar-refractivity contribution in [1.82, 2.24) is 5.32 Å². The normalized spacial score (nSPS) is 11.8. The van der Waals surface area contributed by atoms with E-state index in [-0.39, 0.29) is 0 Å². The number of anilines is 1. The zero-order valence-corrected chi connectivity index (χ0v) is 16.8. The van der Waals surface area contributed by atoms with Crippen molar-refractivity contribution in [2.45, 2.75) is 18.7 Å². The van der Waals surface area contributed by atoms with Crippen LogP contribution in [0, 0.1) is 12.8 Å². The van der Waals surface area contributed by atoms with Crippen LogP contribution < -0.4 is 10.6 Å². The van der Waals surface area contributed by atoms with Crippen molar-refractivity contribution in [3.05, 3.63) is 58.1 Å². The number of nitrogens with one attached hydrogen (secondary N) is 2. The molecule has 0 heterocycles. The molecule has 0 aliphatic rings. The fraction of sp³-hybridized carbons (Fsp3) is 0.278. The van der Waals surface area contributed by atoms with E-state index in [0.717, 1.165) is 33.6 Å². The summed E-state index contributed by atoms with van der Waals surface area (Å²) >= 11 is 19.2. The molecule has 0 unspecified atom stereocenters. The molecule has 0 saturated heterocycles. The lowest BCUT2D eigenvalue weighted by atomic mass is 10.2. The second-order valence-corrected chi connectivity index (χ2v) is 7.96. The van der Waals surface area contributed by atoms with Crippen molar-refractivity contribution in [3.63, 3.8) is 0 Å². The smallest absolute Gasteiger partial charge is 0.170 e. The minimum Gasteiger partial charge on any atom is -0.362 e. The van der Waals surface area contributed by atoms with Gasteiger partial charge in [-0.15, -0.1) is 11.8 Å². The van der Waals surface area contributed by atoms with Gasteiger partial charge < -0.3 is 10.6 Å². The Kier molecular flexibility index (Phi) is 7.69. The summed E-state index contributed by atoms with van der Waals surface area (Å²) in [7, 11) is 0. The van der Waals surface area contributed by atoms with Crippen LogP contribution >= 0.6 is 47.2 Å². The van der Waals surface area contributed by atoms with E-state index in [1.807, 2.05) is 61.2 Å². The molecule has 6 heteroatoms. The molecule has 0 aromatic heterocycles. The largest absolute Gasteiger partial charge is 0.362 e. The van der Waals surface area contributed by atoms with E-state index in [1.165, 1.54) is 4.90 Å². The highest BCUT2D eigenvalue weighted by Gasteiger charge is 2.07. The molecule has 0 spiro atoms. The van der Waals surface area contributed by atoms with E-state index in [2.05, 4.69) is 17.6 Å². The van der Waals surface area contributed by atoms with Crippen molar-refractivity contribution in [2.75, 3.05) is 17.6 Å². The molecule has 0 aliphatic heterocycles. The monoisotopic (exact) mass is 398 g/mol. The lowest BCUT2D eigenvalue weighted by molar-refractivity contribution is 0.637. The molecule has 2 aromatic carbocycles. The van der Waals surface area contributed by atoms with E-state index in [9.17, 15) is 0 Å². The topological polar surface area (TPSA) is 24.1 Å². The summed E-state index contributed by atoms with van der Waals surface area (Å²) in [6.07, 6.45) is 0. The number of thioether (sulfide) groups is 1. The average Bonchev–Trinajstić information content (AvgIpc) is 2.56. The number of hydrogen-bond donors (Lipinski definition) is 2. The Morgan fingerprint density at radius 3 is 2.58 bits per heavy atom. The molecule has 0 bridgehead atoms. The van der Waals surface area contributed by atoms with Gasteiger partial charge in [0.2, 0.25) is 0 Å². The molecular weight excluding hydrogens is 379 g/mol. The maximum atomic E-state index is 6.12. The molecule has 0 saturated carbocycles. The van der Waals surface area contributed by atoms with Crippen LogP contribution in [0.15, 0.2) is 47.4 Å². The maximum Gasteiger partial charge on any atom is 0.170 e. The summed E-state index contributed by atoms with van der Waals surface area (Å²) in [4.78, 5) is 1.22. The Morgan fingerprint density at radius 1 is 1.17 bits per heavy atom. The van der Waals surface area contributed by atoms with E-state index in [4.69, 9.17) is 35.4 Å². The predicted octanol–water partition coefficient (Wildman–Crippen LogP) is 6.02. The third kappa shape index (κ3) is 6.17. The standard InChI is InChI=1S/C18H20Cl2N2S2/c1-12(11-24-15-8-6-14(19)7-9-15)10-21-18(23)22-17-5-3-4-16(20)13(17)2/h3-9,12H,10-11H2,1-2H3,(H2,21,22,23)/t12-/m1/s1. The molecule has 0 aliphatic carbocycles. The van der Waals surface area contributed by atoms with Crippen molar-refractivity contribution in [3.8, 4) is 0 Å². The third-order valence-electron chi connectivity index (χ3n) is 3.48. The first kappa shape index (κ1) is 19.4. The van der Waals surface area contributed by atoms with Gasteiger partial charge in [-0.3, -0.25) is 0 Å². The molecule has 2 nitrogen and oxygen atoms in total. The van der Waals surface area contributed by atoms with Gasteiger partial charge in [-0.05, 0) is 67.0 Å². The van der Waals surface area contributed by atoms with Gasteiger partial charge >= 0.3 is 0 Å². The van der Waals surface area contributed by atoms with Crippen LogP contribution in [-0.4, -0.2) is 17.4 Å². The first-order valence-electron chi connectivity index (χ1n) is 7.64. The minimum absolute atomic E-state index is 0.478. The van der Waals surface area contributed by atoms with Crippen LogP contribution in [0.3, 0.4) is 0 Å². The SMILES string of the molecule is Cc1c(Cl)cccc1NC(=S)NC[C@@H](C)CSc1ccc(Cl)cc1.